The summed E-state index contributed by atoms with van der Waals surface area (Å²) in [7, 11) is 0. The van der Waals surface area contributed by atoms with Crippen LogP contribution in [-0.4, -0.2) is 29.5 Å². The van der Waals surface area contributed by atoms with E-state index in [1.165, 1.54) is 44.5 Å². The lowest BCUT2D eigenvalue weighted by Gasteiger charge is -2.34. The Morgan fingerprint density at radius 2 is 2.10 bits per heavy atom. The maximum Gasteiger partial charge on any atom is 0.152 e. The van der Waals surface area contributed by atoms with Crippen LogP contribution in [0.4, 0.5) is 0 Å². The van der Waals surface area contributed by atoms with Crippen LogP contribution in [0.3, 0.4) is 0 Å². The summed E-state index contributed by atoms with van der Waals surface area (Å²) in [6.45, 7) is 3.74. The molecule has 0 amide bonds. The smallest absolute Gasteiger partial charge is 0.152 e. The maximum absolute atomic E-state index is 5.39. The summed E-state index contributed by atoms with van der Waals surface area (Å²) in [5.74, 6) is 0.848. The zero-order valence-corrected chi connectivity index (χ0v) is 13.1. The predicted octanol–water partition coefficient (Wildman–Crippen LogP) is 3.66. The van der Waals surface area contributed by atoms with Gasteiger partial charge in [0.25, 0.3) is 0 Å². The molecule has 3 nitrogen and oxygen atoms in total. The van der Waals surface area contributed by atoms with Gasteiger partial charge in [-0.25, -0.2) is 0 Å². The molecule has 4 heteroatoms. The molecular formula is C16H19BrN2O. The first-order valence-electron chi connectivity index (χ1n) is 7.09. The lowest BCUT2D eigenvalue weighted by atomic mass is 9.75. The minimum Gasteiger partial charge on any atom is -0.463 e. The normalized spacial score (nSPS) is 28.1. The van der Waals surface area contributed by atoms with Gasteiger partial charge in [-0.15, -0.1) is 17.0 Å². The zero-order valence-electron chi connectivity index (χ0n) is 11.4. The number of rotatable bonds is 2. The molecule has 2 bridgehead atoms. The first kappa shape index (κ1) is 13.8. The predicted molar refractivity (Wildman–Crippen MR) is 84.2 cm³/mol. The second-order valence-electron chi connectivity index (χ2n) is 5.82. The SMILES string of the molecule is Br.c1coc(-c2ccc(C34CCCN(CC3)C4)cn2)c1. The number of furan rings is 1. The van der Waals surface area contributed by atoms with E-state index in [-0.39, 0.29) is 17.0 Å². The molecule has 2 aromatic heterocycles. The van der Waals surface area contributed by atoms with Crippen molar-refractivity contribution in [2.45, 2.75) is 24.7 Å². The number of nitrogens with zero attached hydrogens (tertiary/aromatic N) is 2. The van der Waals surface area contributed by atoms with Gasteiger partial charge in [0, 0.05) is 18.2 Å². The summed E-state index contributed by atoms with van der Waals surface area (Å²) in [5.41, 5.74) is 2.70. The topological polar surface area (TPSA) is 29.3 Å². The first-order chi connectivity index (χ1) is 9.36. The van der Waals surface area contributed by atoms with Gasteiger partial charge >= 0.3 is 0 Å². The number of aromatic nitrogens is 1. The average Bonchev–Trinajstić information content (AvgIpc) is 3.09. The van der Waals surface area contributed by atoms with Gasteiger partial charge in [-0.2, -0.15) is 0 Å². The van der Waals surface area contributed by atoms with Crippen LogP contribution < -0.4 is 0 Å². The van der Waals surface area contributed by atoms with E-state index in [1.54, 1.807) is 6.26 Å². The molecule has 2 unspecified atom stereocenters. The highest BCUT2D eigenvalue weighted by molar-refractivity contribution is 8.93. The van der Waals surface area contributed by atoms with Crippen molar-refractivity contribution < 1.29 is 4.42 Å². The number of fused-ring (bicyclic) bond motifs is 2. The molecule has 0 N–H and O–H groups in total. The van der Waals surface area contributed by atoms with Gasteiger partial charge in [0.1, 0.15) is 5.69 Å². The molecule has 4 heterocycles. The molecule has 106 valence electrons. The number of hydrogen-bond donors (Lipinski definition) is 0. The van der Waals surface area contributed by atoms with Crippen LogP contribution in [0.15, 0.2) is 41.1 Å². The van der Waals surface area contributed by atoms with Crippen molar-refractivity contribution in [1.82, 2.24) is 9.88 Å². The Morgan fingerprint density at radius 3 is 2.85 bits per heavy atom. The summed E-state index contributed by atoms with van der Waals surface area (Å²) in [4.78, 5) is 7.18. The van der Waals surface area contributed by atoms with E-state index in [1.807, 2.05) is 12.1 Å². The maximum atomic E-state index is 5.39. The first-order valence-corrected chi connectivity index (χ1v) is 7.09. The van der Waals surface area contributed by atoms with E-state index in [9.17, 15) is 0 Å². The van der Waals surface area contributed by atoms with Crippen molar-refractivity contribution in [2.24, 2.45) is 0 Å². The Bertz CT molecular complexity index is 563. The minimum absolute atomic E-state index is 0. The number of piperidine rings is 1. The summed E-state index contributed by atoms with van der Waals surface area (Å²) in [6.07, 6.45) is 7.67. The van der Waals surface area contributed by atoms with E-state index in [0.29, 0.717) is 5.41 Å². The van der Waals surface area contributed by atoms with Gasteiger partial charge in [-0.05, 0) is 56.1 Å². The van der Waals surface area contributed by atoms with Gasteiger partial charge in [-0.1, -0.05) is 6.07 Å². The standard InChI is InChI=1S/C16H18N2O.BrH/c1-3-15(19-10-1)14-5-4-13(11-17-14)16-6-2-8-18(12-16)9-7-16;/h1,3-5,10-11H,2,6-9,12H2;1H. The van der Waals surface area contributed by atoms with Crippen molar-refractivity contribution in [3.63, 3.8) is 0 Å². The fourth-order valence-electron chi connectivity index (χ4n) is 3.65. The summed E-state index contributed by atoms with van der Waals surface area (Å²) in [6, 6.07) is 8.21. The Labute approximate surface area is 129 Å². The van der Waals surface area contributed by atoms with Crippen LogP contribution in [0.5, 0.6) is 0 Å². The monoisotopic (exact) mass is 334 g/mol. The lowest BCUT2D eigenvalue weighted by Crippen LogP contribution is -2.36. The second-order valence-corrected chi connectivity index (χ2v) is 5.82. The molecule has 2 aromatic rings. The quantitative estimate of drug-likeness (QED) is 0.839. The van der Waals surface area contributed by atoms with E-state index in [4.69, 9.17) is 4.42 Å². The van der Waals surface area contributed by atoms with Crippen LogP contribution in [0.25, 0.3) is 11.5 Å². The molecule has 0 radical (unpaired) electrons. The molecule has 2 aliphatic heterocycles. The molecule has 2 atom stereocenters. The van der Waals surface area contributed by atoms with Crippen LogP contribution in [0.2, 0.25) is 0 Å². The Hall–Kier alpha value is -1.13. The molecular weight excluding hydrogens is 316 g/mol. The third kappa shape index (κ3) is 2.21. The molecule has 0 spiro atoms. The Balaban J connectivity index is 0.00000121. The van der Waals surface area contributed by atoms with E-state index in [2.05, 4.69) is 28.2 Å². The van der Waals surface area contributed by atoms with Gasteiger partial charge in [0.2, 0.25) is 0 Å². The lowest BCUT2D eigenvalue weighted by molar-refractivity contribution is 0.243. The second kappa shape index (κ2) is 5.34. The van der Waals surface area contributed by atoms with E-state index in [0.717, 1.165) is 11.5 Å². The summed E-state index contributed by atoms with van der Waals surface area (Å²) in [5, 5.41) is 0. The van der Waals surface area contributed by atoms with Crippen molar-refractivity contribution in [1.29, 1.82) is 0 Å². The van der Waals surface area contributed by atoms with Crippen LogP contribution in [-0.2, 0) is 5.41 Å². The molecule has 4 rings (SSSR count). The van der Waals surface area contributed by atoms with Crippen LogP contribution in [0, 0.1) is 0 Å². The van der Waals surface area contributed by atoms with E-state index >= 15 is 0 Å². The molecule has 0 aromatic carbocycles. The largest absolute Gasteiger partial charge is 0.463 e. The third-order valence-electron chi connectivity index (χ3n) is 4.71. The zero-order chi connectivity index (χ0) is 12.7. The van der Waals surface area contributed by atoms with Crippen molar-refractivity contribution in [3.8, 4) is 11.5 Å². The number of pyridine rings is 1. The summed E-state index contributed by atoms with van der Waals surface area (Å²) < 4.78 is 5.39. The number of hydrogen-bond acceptors (Lipinski definition) is 3. The van der Waals surface area contributed by atoms with E-state index < -0.39 is 0 Å². The fraction of sp³-hybridized carbons (Fsp3) is 0.438. The highest BCUT2D eigenvalue weighted by Gasteiger charge is 2.42. The van der Waals surface area contributed by atoms with Gasteiger partial charge < -0.3 is 9.32 Å². The third-order valence-corrected chi connectivity index (χ3v) is 4.71. The Morgan fingerprint density at radius 1 is 1.15 bits per heavy atom. The van der Waals surface area contributed by atoms with Gasteiger partial charge in [-0.3, -0.25) is 4.98 Å². The molecule has 20 heavy (non-hydrogen) atoms. The summed E-state index contributed by atoms with van der Waals surface area (Å²) >= 11 is 0. The van der Waals surface area contributed by atoms with Gasteiger partial charge in [0.15, 0.2) is 5.76 Å². The molecule has 0 aliphatic carbocycles. The van der Waals surface area contributed by atoms with Crippen molar-refractivity contribution in [2.75, 3.05) is 19.6 Å². The highest BCUT2D eigenvalue weighted by Crippen LogP contribution is 2.41. The molecule has 0 saturated carbocycles. The molecule has 2 saturated heterocycles. The van der Waals surface area contributed by atoms with Gasteiger partial charge in [0.05, 0.1) is 6.26 Å². The number of halogens is 1. The Kier molecular flexibility index (Phi) is 3.69. The molecule has 2 aliphatic rings. The fourth-order valence-corrected chi connectivity index (χ4v) is 3.65. The van der Waals surface area contributed by atoms with Crippen LogP contribution >= 0.6 is 17.0 Å². The minimum atomic E-state index is 0. The average molecular weight is 335 g/mol. The van der Waals surface area contributed by atoms with Crippen molar-refractivity contribution in [3.05, 3.63) is 42.3 Å². The van der Waals surface area contributed by atoms with Crippen molar-refractivity contribution >= 4 is 17.0 Å². The molecule has 2 fully saturated rings. The van der Waals surface area contributed by atoms with Crippen LogP contribution in [0.1, 0.15) is 24.8 Å². The highest BCUT2D eigenvalue weighted by atomic mass is 79.9.